The molecule has 2 heterocycles. The van der Waals surface area contributed by atoms with Crippen LogP contribution in [0.5, 0.6) is 11.5 Å². The van der Waals surface area contributed by atoms with Crippen molar-refractivity contribution in [3.05, 3.63) is 105 Å². The van der Waals surface area contributed by atoms with E-state index in [2.05, 4.69) is 4.98 Å². The van der Waals surface area contributed by atoms with Gasteiger partial charge in [-0.25, -0.2) is 13.8 Å². The molecule has 37 heavy (non-hydrogen) atoms. The van der Waals surface area contributed by atoms with E-state index in [4.69, 9.17) is 16.0 Å². The van der Waals surface area contributed by atoms with Crippen LogP contribution in [0.4, 0.5) is 8.78 Å². The number of aryl methyl sites for hydroxylation is 2. The first kappa shape index (κ1) is 24.3. The minimum absolute atomic E-state index is 0.0509. The summed E-state index contributed by atoms with van der Waals surface area (Å²) in [5, 5.41) is 20.8. The molecule has 186 valence electrons. The van der Waals surface area contributed by atoms with Crippen LogP contribution >= 0.6 is 11.6 Å². The van der Waals surface area contributed by atoms with E-state index in [0.29, 0.717) is 22.3 Å². The molecule has 9 heteroatoms. The standard InChI is InChI=1S/C28H19ClF2N2O4/c1-14-10-17(29)11-15(2)25(14)33-13-16(6-9-23(33)35)24-27(19-8-7-18(30)12-21(19)31)37-28(32-24)20-4-3-5-22(34)26(20)36/h3-13,34,36H,1-2H3. The molecule has 0 saturated carbocycles. The van der Waals surface area contributed by atoms with Gasteiger partial charge in [-0.3, -0.25) is 9.36 Å². The summed E-state index contributed by atoms with van der Waals surface area (Å²) in [6.45, 7) is 3.65. The summed E-state index contributed by atoms with van der Waals surface area (Å²) in [4.78, 5) is 17.4. The van der Waals surface area contributed by atoms with Crippen molar-refractivity contribution in [1.82, 2.24) is 9.55 Å². The molecular weight excluding hydrogens is 502 g/mol. The van der Waals surface area contributed by atoms with E-state index in [9.17, 15) is 23.8 Å². The molecular formula is C28H19ClF2N2O4. The molecule has 3 aromatic carbocycles. The van der Waals surface area contributed by atoms with Gasteiger partial charge in [-0.2, -0.15) is 0 Å². The lowest BCUT2D eigenvalue weighted by molar-refractivity contribution is 0.403. The molecule has 0 radical (unpaired) electrons. The molecule has 0 aliphatic carbocycles. The number of para-hydroxylation sites is 1. The van der Waals surface area contributed by atoms with Crippen molar-refractivity contribution in [2.45, 2.75) is 13.8 Å². The van der Waals surface area contributed by atoms with Gasteiger partial charge in [0.15, 0.2) is 17.3 Å². The molecule has 2 N–H and O–H groups in total. The Hall–Kier alpha value is -4.43. The van der Waals surface area contributed by atoms with Crippen molar-refractivity contribution in [2.24, 2.45) is 0 Å². The summed E-state index contributed by atoms with van der Waals surface area (Å²) < 4.78 is 35.8. The predicted octanol–water partition coefficient (Wildman–Crippen LogP) is 6.79. The van der Waals surface area contributed by atoms with E-state index < -0.39 is 23.1 Å². The second-order valence-corrected chi connectivity index (χ2v) is 8.94. The molecule has 0 atom stereocenters. The van der Waals surface area contributed by atoms with Gasteiger partial charge < -0.3 is 14.6 Å². The Kier molecular flexibility index (Phi) is 6.05. The molecule has 0 saturated heterocycles. The second kappa shape index (κ2) is 9.22. The largest absolute Gasteiger partial charge is 0.504 e. The van der Waals surface area contributed by atoms with Gasteiger partial charge in [-0.15, -0.1) is 0 Å². The van der Waals surface area contributed by atoms with Crippen molar-refractivity contribution in [3.8, 4) is 51.2 Å². The van der Waals surface area contributed by atoms with Crippen LogP contribution in [0.3, 0.4) is 0 Å². The second-order valence-electron chi connectivity index (χ2n) is 8.51. The third-order valence-corrected chi connectivity index (χ3v) is 6.15. The molecule has 6 nitrogen and oxygen atoms in total. The van der Waals surface area contributed by atoms with Gasteiger partial charge in [0.25, 0.3) is 5.56 Å². The minimum atomic E-state index is -0.887. The van der Waals surface area contributed by atoms with Gasteiger partial charge in [-0.1, -0.05) is 17.7 Å². The number of hydrogen-bond donors (Lipinski definition) is 2. The first-order chi connectivity index (χ1) is 17.6. The molecule has 0 bridgehead atoms. The third-order valence-electron chi connectivity index (χ3n) is 5.93. The number of hydrogen-bond acceptors (Lipinski definition) is 5. The van der Waals surface area contributed by atoms with E-state index in [-0.39, 0.29) is 34.0 Å². The molecule has 0 aliphatic heterocycles. The number of nitrogens with zero attached hydrogens (tertiary/aromatic N) is 2. The Morgan fingerprint density at radius 1 is 0.946 bits per heavy atom. The number of pyridine rings is 1. The lowest BCUT2D eigenvalue weighted by Crippen LogP contribution is -2.18. The highest BCUT2D eigenvalue weighted by atomic mass is 35.5. The van der Waals surface area contributed by atoms with Gasteiger partial charge in [-0.05, 0) is 67.4 Å². The topological polar surface area (TPSA) is 88.5 Å². The molecule has 5 aromatic rings. The quantitative estimate of drug-likeness (QED) is 0.255. The Morgan fingerprint density at radius 2 is 1.68 bits per heavy atom. The minimum Gasteiger partial charge on any atom is -0.504 e. The molecule has 0 aliphatic rings. The SMILES string of the molecule is Cc1cc(Cl)cc(C)c1-n1cc(-c2nc(-c3cccc(O)c3O)oc2-c2ccc(F)cc2F)ccc1=O. The number of halogens is 3. The molecule has 0 unspecified atom stereocenters. The van der Waals surface area contributed by atoms with Crippen LogP contribution in [0.2, 0.25) is 5.02 Å². The fourth-order valence-electron chi connectivity index (χ4n) is 4.28. The van der Waals surface area contributed by atoms with Gasteiger partial charge in [0, 0.05) is 28.9 Å². The molecule has 5 rings (SSSR count). The zero-order chi connectivity index (χ0) is 26.4. The number of oxazole rings is 1. The predicted molar refractivity (Wildman–Crippen MR) is 136 cm³/mol. The smallest absolute Gasteiger partial charge is 0.255 e. The zero-order valence-electron chi connectivity index (χ0n) is 19.6. The highest BCUT2D eigenvalue weighted by molar-refractivity contribution is 6.30. The highest BCUT2D eigenvalue weighted by Gasteiger charge is 2.24. The number of phenols is 2. The maximum absolute atomic E-state index is 14.9. The summed E-state index contributed by atoms with van der Waals surface area (Å²) in [5.74, 6) is -2.69. The summed E-state index contributed by atoms with van der Waals surface area (Å²) >= 11 is 6.17. The van der Waals surface area contributed by atoms with Crippen molar-refractivity contribution in [1.29, 1.82) is 0 Å². The van der Waals surface area contributed by atoms with Crippen LogP contribution in [-0.2, 0) is 0 Å². The fourth-order valence-corrected chi connectivity index (χ4v) is 4.60. The van der Waals surface area contributed by atoms with Crippen molar-refractivity contribution in [2.75, 3.05) is 0 Å². The first-order valence-corrected chi connectivity index (χ1v) is 11.5. The Labute approximate surface area is 214 Å². The Bertz CT molecular complexity index is 1720. The average Bonchev–Trinajstić information content (AvgIpc) is 3.26. The summed E-state index contributed by atoms with van der Waals surface area (Å²) in [6, 6.07) is 13.6. The molecule has 0 spiro atoms. The van der Waals surface area contributed by atoms with Crippen LogP contribution in [-0.4, -0.2) is 19.8 Å². The lowest BCUT2D eigenvalue weighted by atomic mass is 10.1. The van der Waals surface area contributed by atoms with Crippen LogP contribution in [0.15, 0.2) is 76.1 Å². The van der Waals surface area contributed by atoms with E-state index in [1.165, 1.54) is 41.0 Å². The van der Waals surface area contributed by atoms with Crippen molar-refractivity contribution < 1.29 is 23.4 Å². The summed E-state index contributed by atoms with van der Waals surface area (Å²) in [7, 11) is 0. The van der Waals surface area contributed by atoms with E-state index in [0.717, 1.165) is 17.2 Å². The molecule has 0 amide bonds. The lowest BCUT2D eigenvalue weighted by Gasteiger charge is -2.14. The van der Waals surface area contributed by atoms with Gasteiger partial charge in [0.1, 0.15) is 17.3 Å². The first-order valence-electron chi connectivity index (χ1n) is 11.1. The number of phenolic OH excluding ortho intramolecular Hbond substituents is 2. The van der Waals surface area contributed by atoms with Crippen molar-refractivity contribution >= 4 is 11.6 Å². The number of aromatic hydroxyl groups is 2. The molecule has 2 aromatic heterocycles. The fraction of sp³-hybridized carbons (Fsp3) is 0.0714. The average molecular weight is 521 g/mol. The normalized spacial score (nSPS) is 11.2. The van der Waals surface area contributed by atoms with Crippen LogP contribution in [0, 0.1) is 25.5 Å². The summed E-state index contributed by atoms with van der Waals surface area (Å²) in [6.07, 6.45) is 1.54. The van der Waals surface area contributed by atoms with Crippen molar-refractivity contribution in [3.63, 3.8) is 0 Å². The van der Waals surface area contributed by atoms with Gasteiger partial charge in [0.2, 0.25) is 5.89 Å². The van der Waals surface area contributed by atoms with Crippen LogP contribution in [0.25, 0.3) is 39.7 Å². The number of benzene rings is 3. The van der Waals surface area contributed by atoms with E-state index in [1.807, 2.05) is 13.8 Å². The highest BCUT2D eigenvalue weighted by Crippen LogP contribution is 2.41. The Balaban J connectivity index is 1.77. The molecule has 0 fully saturated rings. The van der Waals surface area contributed by atoms with Crippen LogP contribution in [0.1, 0.15) is 11.1 Å². The number of rotatable bonds is 4. The number of aromatic nitrogens is 2. The summed E-state index contributed by atoms with van der Waals surface area (Å²) in [5.41, 5.74) is 2.35. The van der Waals surface area contributed by atoms with Gasteiger partial charge >= 0.3 is 0 Å². The van der Waals surface area contributed by atoms with Crippen LogP contribution < -0.4 is 5.56 Å². The third kappa shape index (κ3) is 4.36. The Morgan fingerprint density at radius 3 is 2.38 bits per heavy atom. The van der Waals surface area contributed by atoms with Gasteiger partial charge in [0.05, 0.1) is 16.8 Å². The van der Waals surface area contributed by atoms with E-state index >= 15 is 0 Å². The monoisotopic (exact) mass is 520 g/mol. The maximum Gasteiger partial charge on any atom is 0.255 e. The van der Waals surface area contributed by atoms with E-state index in [1.54, 1.807) is 18.3 Å². The maximum atomic E-state index is 14.9. The zero-order valence-corrected chi connectivity index (χ0v) is 20.3.